The van der Waals surface area contributed by atoms with Crippen molar-refractivity contribution in [2.24, 2.45) is 0 Å². The zero-order valence-corrected chi connectivity index (χ0v) is 16.3. The van der Waals surface area contributed by atoms with E-state index in [-0.39, 0.29) is 11.6 Å². The summed E-state index contributed by atoms with van der Waals surface area (Å²) in [5, 5.41) is 10.5. The van der Waals surface area contributed by atoms with Crippen LogP contribution in [0.2, 0.25) is 0 Å². The summed E-state index contributed by atoms with van der Waals surface area (Å²) in [6.45, 7) is 3.73. The first kappa shape index (κ1) is 23.2. The molecule has 2 N–H and O–H groups in total. The second-order valence-electron chi connectivity index (χ2n) is 6.52. The van der Waals surface area contributed by atoms with Crippen LogP contribution in [0.25, 0.3) is 0 Å². The van der Waals surface area contributed by atoms with Crippen molar-refractivity contribution >= 4 is 17.7 Å². The Morgan fingerprint density at radius 3 is 2.28 bits per heavy atom. The van der Waals surface area contributed by atoms with E-state index in [9.17, 15) is 22.0 Å². The average molecular weight is 433 g/mol. The molecule has 3 nitrogen and oxygen atoms in total. The molecule has 1 fully saturated rings. The normalized spacial score (nSPS) is 14.8. The van der Waals surface area contributed by atoms with Gasteiger partial charge < -0.3 is 10.4 Å². The van der Waals surface area contributed by atoms with Crippen LogP contribution in [0, 0.1) is 18.6 Å². The predicted molar refractivity (Wildman–Crippen MR) is 100 cm³/mol. The van der Waals surface area contributed by atoms with Gasteiger partial charge in [0, 0.05) is 9.79 Å². The summed E-state index contributed by atoms with van der Waals surface area (Å²) in [5.41, 5.74) is 1.80. The molecule has 1 aliphatic rings. The van der Waals surface area contributed by atoms with Crippen molar-refractivity contribution < 1.29 is 31.9 Å². The molecule has 0 aromatic heterocycles. The van der Waals surface area contributed by atoms with Crippen LogP contribution in [0.4, 0.5) is 22.0 Å². The van der Waals surface area contributed by atoms with Crippen LogP contribution in [0.15, 0.2) is 46.2 Å². The molecule has 158 valence electrons. The van der Waals surface area contributed by atoms with Gasteiger partial charge in [-0.2, -0.15) is 13.2 Å². The topological polar surface area (TPSA) is 49.3 Å². The van der Waals surface area contributed by atoms with E-state index in [1.165, 1.54) is 29.5 Å². The van der Waals surface area contributed by atoms with Crippen LogP contribution in [0.3, 0.4) is 0 Å². The van der Waals surface area contributed by atoms with E-state index in [4.69, 9.17) is 9.90 Å². The Hall–Kier alpha value is -2.13. The molecule has 0 saturated carbocycles. The Balaban J connectivity index is 0.000000370. The van der Waals surface area contributed by atoms with Gasteiger partial charge in [-0.05, 0) is 74.2 Å². The van der Waals surface area contributed by atoms with Gasteiger partial charge >= 0.3 is 12.1 Å². The SMILES string of the molecule is Cc1ccc(Sc2cc(F)ccc2C2CCNCC2)cc1F.O=C(O)C(F)(F)F. The maximum atomic E-state index is 13.7. The van der Waals surface area contributed by atoms with Gasteiger partial charge in [-0.25, -0.2) is 13.6 Å². The van der Waals surface area contributed by atoms with E-state index in [1.807, 2.05) is 12.1 Å². The minimum Gasteiger partial charge on any atom is -0.475 e. The van der Waals surface area contributed by atoms with Crippen molar-refractivity contribution in [2.75, 3.05) is 13.1 Å². The van der Waals surface area contributed by atoms with Crippen molar-refractivity contribution in [1.82, 2.24) is 5.32 Å². The number of carboxylic acids is 1. The molecule has 0 bridgehead atoms. The summed E-state index contributed by atoms with van der Waals surface area (Å²) in [7, 11) is 0. The fourth-order valence-corrected chi connectivity index (χ4v) is 3.91. The van der Waals surface area contributed by atoms with Gasteiger partial charge in [-0.1, -0.05) is 23.9 Å². The van der Waals surface area contributed by atoms with Crippen molar-refractivity contribution in [2.45, 2.75) is 41.7 Å². The summed E-state index contributed by atoms with van der Waals surface area (Å²) in [4.78, 5) is 10.6. The van der Waals surface area contributed by atoms with Crippen LogP contribution < -0.4 is 5.32 Å². The Morgan fingerprint density at radius 2 is 1.72 bits per heavy atom. The maximum Gasteiger partial charge on any atom is 0.490 e. The molecule has 9 heteroatoms. The van der Waals surface area contributed by atoms with Crippen LogP contribution >= 0.6 is 11.8 Å². The summed E-state index contributed by atoms with van der Waals surface area (Å²) >= 11 is 1.44. The Morgan fingerprint density at radius 1 is 1.10 bits per heavy atom. The van der Waals surface area contributed by atoms with Crippen LogP contribution in [0.5, 0.6) is 0 Å². The molecule has 0 spiro atoms. The number of nitrogens with one attached hydrogen (secondary N) is 1. The maximum absolute atomic E-state index is 13.7. The first-order valence-corrected chi connectivity index (χ1v) is 9.64. The van der Waals surface area contributed by atoms with E-state index in [0.717, 1.165) is 35.7 Å². The fraction of sp³-hybridized carbons (Fsp3) is 0.350. The number of alkyl halides is 3. The van der Waals surface area contributed by atoms with E-state index in [1.54, 1.807) is 19.1 Å². The lowest BCUT2D eigenvalue weighted by molar-refractivity contribution is -0.192. The number of aliphatic carboxylic acids is 1. The lowest BCUT2D eigenvalue weighted by atomic mass is 9.90. The number of carbonyl (C=O) groups is 1. The highest BCUT2D eigenvalue weighted by molar-refractivity contribution is 7.99. The minimum atomic E-state index is -5.08. The lowest BCUT2D eigenvalue weighted by Crippen LogP contribution is -2.26. The van der Waals surface area contributed by atoms with Gasteiger partial charge in [-0.3, -0.25) is 0 Å². The zero-order valence-electron chi connectivity index (χ0n) is 15.5. The van der Waals surface area contributed by atoms with E-state index < -0.39 is 12.1 Å². The Labute approximate surface area is 169 Å². The Bertz CT molecular complexity index is 851. The second-order valence-corrected chi connectivity index (χ2v) is 7.64. The summed E-state index contributed by atoms with van der Waals surface area (Å²) in [6.07, 6.45) is -2.97. The van der Waals surface area contributed by atoms with Crippen LogP contribution in [0.1, 0.15) is 29.9 Å². The third-order valence-electron chi connectivity index (χ3n) is 4.37. The molecule has 0 radical (unpaired) electrons. The molecular weight excluding hydrogens is 413 g/mol. The molecule has 0 aliphatic carbocycles. The standard InChI is InChI=1S/C18H19F2NS.C2HF3O2/c1-12-2-4-15(11-17(12)20)22-18-10-14(19)3-5-16(18)13-6-8-21-9-7-13;3-2(4,5)1(6)7/h2-5,10-11,13,21H,6-9H2,1H3;(H,6,7). The summed E-state index contributed by atoms with van der Waals surface area (Å²) < 4.78 is 59.1. The highest BCUT2D eigenvalue weighted by Crippen LogP contribution is 2.38. The van der Waals surface area contributed by atoms with Gasteiger partial charge in [0.05, 0.1) is 0 Å². The van der Waals surface area contributed by atoms with Gasteiger partial charge in [0.1, 0.15) is 11.6 Å². The first-order chi connectivity index (χ1) is 13.6. The molecule has 3 rings (SSSR count). The molecule has 1 aliphatic heterocycles. The molecule has 29 heavy (non-hydrogen) atoms. The smallest absolute Gasteiger partial charge is 0.475 e. The Kier molecular flexibility index (Phi) is 8.04. The molecule has 0 atom stereocenters. The minimum absolute atomic E-state index is 0.218. The number of piperidine rings is 1. The third-order valence-corrected chi connectivity index (χ3v) is 5.43. The number of benzene rings is 2. The monoisotopic (exact) mass is 433 g/mol. The van der Waals surface area contributed by atoms with Crippen LogP contribution in [-0.4, -0.2) is 30.3 Å². The van der Waals surface area contributed by atoms with Gasteiger partial charge in [-0.15, -0.1) is 0 Å². The van der Waals surface area contributed by atoms with E-state index >= 15 is 0 Å². The van der Waals surface area contributed by atoms with Crippen LogP contribution in [-0.2, 0) is 4.79 Å². The quantitative estimate of drug-likeness (QED) is 0.626. The molecule has 2 aromatic carbocycles. The number of halogens is 5. The summed E-state index contributed by atoms with van der Waals surface area (Å²) in [5.74, 6) is -2.77. The average Bonchev–Trinajstić information content (AvgIpc) is 2.65. The fourth-order valence-electron chi connectivity index (χ4n) is 2.83. The number of aryl methyl sites for hydroxylation is 1. The zero-order chi connectivity index (χ0) is 21.6. The number of hydrogen-bond acceptors (Lipinski definition) is 3. The van der Waals surface area contributed by atoms with Crippen molar-refractivity contribution in [3.63, 3.8) is 0 Å². The number of hydrogen-bond donors (Lipinski definition) is 2. The largest absolute Gasteiger partial charge is 0.490 e. The lowest BCUT2D eigenvalue weighted by Gasteiger charge is -2.25. The van der Waals surface area contributed by atoms with E-state index in [2.05, 4.69) is 5.32 Å². The number of carboxylic acid groups (broad SMARTS) is 1. The van der Waals surface area contributed by atoms with Crippen molar-refractivity contribution in [3.8, 4) is 0 Å². The molecular formula is C20H20F5NO2S. The van der Waals surface area contributed by atoms with Crippen molar-refractivity contribution in [3.05, 3.63) is 59.2 Å². The molecule has 0 unspecified atom stereocenters. The highest BCUT2D eigenvalue weighted by atomic mass is 32.2. The molecule has 0 amide bonds. The van der Waals surface area contributed by atoms with Gasteiger partial charge in [0.25, 0.3) is 0 Å². The molecule has 1 saturated heterocycles. The molecule has 1 heterocycles. The molecule has 2 aromatic rings. The third kappa shape index (κ3) is 7.01. The highest BCUT2D eigenvalue weighted by Gasteiger charge is 2.38. The van der Waals surface area contributed by atoms with E-state index in [0.29, 0.717) is 11.5 Å². The first-order valence-electron chi connectivity index (χ1n) is 8.82. The van der Waals surface area contributed by atoms with Gasteiger partial charge in [0.15, 0.2) is 0 Å². The van der Waals surface area contributed by atoms with Gasteiger partial charge in [0.2, 0.25) is 0 Å². The number of rotatable bonds is 3. The predicted octanol–water partition coefficient (Wildman–Crippen LogP) is 5.52. The second kappa shape index (κ2) is 10.1. The van der Waals surface area contributed by atoms with Crippen molar-refractivity contribution in [1.29, 1.82) is 0 Å². The summed E-state index contributed by atoms with van der Waals surface area (Å²) in [6, 6.07) is 10.2.